The summed E-state index contributed by atoms with van der Waals surface area (Å²) < 4.78 is 2.18. The number of aliphatic imine (C=N–C) groups is 1. The molecule has 1 aliphatic heterocycles. The Morgan fingerprint density at radius 3 is 2.26 bits per heavy atom. The molecule has 3 aromatic rings. The number of aromatic nitrogens is 2. The summed E-state index contributed by atoms with van der Waals surface area (Å²) in [6.07, 6.45) is 0. The Morgan fingerprint density at radius 1 is 0.903 bits per heavy atom. The van der Waals surface area contributed by atoms with E-state index >= 15 is 0 Å². The summed E-state index contributed by atoms with van der Waals surface area (Å²) in [5.74, 6) is -1.98. The summed E-state index contributed by atoms with van der Waals surface area (Å²) in [5.41, 5.74) is 0.443. The van der Waals surface area contributed by atoms with Crippen LogP contribution in [0.2, 0.25) is 0 Å². The van der Waals surface area contributed by atoms with E-state index in [4.69, 9.17) is 0 Å². The minimum Gasteiger partial charge on any atom is -0.293 e. The van der Waals surface area contributed by atoms with E-state index in [9.17, 15) is 24.5 Å². The molecule has 5 rings (SSSR count). The molecule has 0 saturated heterocycles. The van der Waals surface area contributed by atoms with Gasteiger partial charge in [-0.25, -0.2) is 9.79 Å². The second-order valence-corrected chi connectivity index (χ2v) is 7.62. The molecule has 2 aliphatic rings. The lowest BCUT2D eigenvalue weighted by Crippen LogP contribution is -2.43. The maximum absolute atomic E-state index is 13.4. The molecule has 0 amide bonds. The smallest absolute Gasteiger partial charge is 0.293 e. The number of nitrogens with zero attached hydrogens (tertiary/aromatic N) is 4. The third kappa shape index (κ3) is 2.43. The van der Waals surface area contributed by atoms with Gasteiger partial charge >= 0.3 is 5.69 Å². The van der Waals surface area contributed by atoms with Gasteiger partial charge in [-0.05, 0) is 0 Å². The fourth-order valence-corrected chi connectivity index (χ4v) is 4.62. The predicted octanol–water partition coefficient (Wildman–Crippen LogP) is 2.07. The molecule has 2 aromatic carbocycles. The molecule has 0 bridgehead atoms. The van der Waals surface area contributed by atoms with Gasteiger partial charge in [-0.1, -0.05) is 42.5 Å². The van der Waals surface area contributed by atoms with Gasteiger partial charge in [0, 0.05) is 42.8 Å². The van der Waals surface area contributed by atoms with Crippen LogP contribution in [-0.2, 0) is 14.1 Å². The first-order valence-corrected chi connectivity index (χ1v) is 9.58. The van der Waals surface area contributed by atoms with Crippen LogP contribution in [0.3, 0.4) is 0 Å². The second-order valence-electron chi connectivity index (χ2n) is 7.62. The standard InChI is InChI=1S/C22H16N4O5/c1-24-20-17(21(28)25(2)22(24)29)15(13-9-5-6-10-14(13)26(30)31)16-18(23-20)11-7-3-4-8-12(11)19(16)27/h3-10,15-16H,1-2H3/t15-,16-/m1/s1. The molecule has 0 radical (unpaired) electrons. The number of benzene rings is 2. The molecule has 154 valence electrons. The highest BCUT2D eigenvalue weighted by molar-refractivity contribution is 6.30. The van der Waals surface area contributed by atoms with Crippen LogP contribution in [0.25, 0.3) is 0 Å². The van der Waals surface area contributed by atoms with Crippen molar-refractivity contribution in [2.45, 2.75) is 5.92 Å². The number of hydrogen-bond acceptors (Lipinski definition) is 6. The normalized spacial score (nSPS) is 18.8. The zero-order valence-electron chi connectivity index (χ0n) is 16.6. The fraction of sp³-hybridized carbons (Fsp3) is 0.182. The van der Waals surface area contributed by atoms with Gasteiger partial charge in [0.05, 0.1) is 22.1 Å². The van der Waals surface area contributed by atoms with Crippen LogP contribution < -0.4 is 11.2 Å². The average molecular weight is 416 g/mol. The number of ketones is 1. The Morgan fingerprint density at radius 2 is 1.55 bits per heavy atom. The molecule has 2 heterocycles. The summed E-state index contributed by atoms with van der Waals surface area (Å²) in [6, 6.07) is 13.0. The predicted molar refractivity (Wildman–Crippen MR) is 112 cm³/mol. The molecule has 0 N–H and O–H groups in total. The van der Waals surface area contributed by atoms with Crippen molar-refractivity contribution >= 4 is 23.0 Å². The van der Waals surface area contributed by atoms with E-state index in [1.165, 1.54) is 30.8 Å². The molecule has 0 fully saturated rings. The Kier molecular flexibility index (Phi) is 3.91. The topological polar surface area (TPSA) is 117 Å². The number of rotatable bonds is 2. The number of carbonyl (C=O) groups excluding carboxylic acids is 1. The van der Waals surface area contributed by atoms with Crippen molar-refractivity contribution in [3.05, 3.63) is 102 Å². The lowest BCUT2D eigenvalue weighted by Gasteiger charge is -2.29. The van der Waals surface area contributed by atoms with Crippen molar-refractivity contribution < 1.29 is 9.72 Å². The van der Waals surface area contributed by atoms with E-state index in [0.717, 1.165) is 4.57 Å². The Bertz CT molecular complexity index is 1460. The van der Waals surface area contributed by atoms with E-state index < -0.39 is 28.0 Å². The van der Waals surface area contributed by atoms with E-state index in [2.05, 4.69) is 4.99 Å². The monoisotopic (exact) mass is 416 g/mol. The lowest BCUT2D eigenvalue weighted by atomic mass is 9.76. The van der Waals surface area contributed by atoms with Gasteiger partial charge in [0.25, 0.3) is 11.2 Å². The second kappa shape index (κ2) is 6.43. The third-order valence-electron chi connectivity index (χ3n) is 6.05. The van der Waals surface area contributed by atoms with Gasteiger partial charge in [0.2, 0.25) is 0 Å². The number of carbonyl (C=O) groups is 1. The lowest BCUT2D eigenvalue weighted by molar-refractivity contribution is -0.385. The van der Waals surface area contributed by atoms with E-state index in [1.807, 2.05) is 0 Å². The van der Waals surface area contributed by atoms with Crippen LogP contribution in [0, 0.1) is 16.0 Å². The number of nitro groups is 1. The first kappa shape index (κ1) is 18.9. The molecular formula is C22H16N4O5. The maximum Gasteiger partial charge on any atom is 0.332 e. The largest absolute Gasteiger partial charge is 0.332 e. The third-order valence-corrected chi connectivity index (χ3v) is 6.05. The first-order chi connectivity index (χ1) is 14.8. The van der Waals surface area contributed by atoms with Crippen molar-refractivity contribution in [2.75, 3.05) is 0 Å². The number of hydrogen-bond donors (Lipinski definition) is 0. The summed E-state index contributed by atoms with van der Waals surface area (Å²) in [5, 5.41) is 11.8. The van der Waals surface area contributed by atoms with Crippen LogP contribution in [-0.4, -0.2) is 25.6 Å². The van der Waals surface area contributed by atoms with Gasteiger partial charge in [0.15, 0.2) is 5.78 Å². The number of fused-ring (bicyclic) bond motifs is 4. The van der Waals surface area contributed by atoms with Gasteiger partial charge in [-0.15, -0.1) is 0 Å². The van der Waals surface area contributed by atoms with Crippen molar-refractivity contribution in [1.82, 2.24) is 9.13 Å². The molecule has 0 saturated carbocycles. The minimum atomic E-state index is -0.950. The molecule has 0 unspecified atom stereocenters. The molecule has 2 atom stereocenters. The minimum absolute atomic E-state index is 0.105. The Labute approximate surface area is 175 Å². The summed E-state index contributed by atoms with van der Waals surface area (Å²) in [6.45, 7) is 0. The molecule has 0 spiro atoms. The fourth-order valence-electron chi connectivity index (χ4n) is 4.62. The molecule has 9 heteroatoms. The number of Topliss-reactive ketones (excluding diaryl/α,β-unsaturated/α-hetero) is 1. The molecule has 9 nitrogen and oxygen atoms in total. The summed E-state index contributed by atoms with van der Waals surface area (Å²) in [7, 11) is 2.83. The SMILES string of the molecule is Cn1c2c(c(=O)n(C)c1=O)[C@H](c1ccccc1[N+](=O)[O-])[C@H]1C(=O)c3ccccc3C1=N2. The van der Waals surface area contributed by atoms with Crippen LogP contribution in [0.5, 0.6) is 0 Å². The van der Waals surface area contributed by atoms with E-state index in [1.54, 1.807) is 36.4 Å². The van der Waals surface area contributed by atoms with E-state index in [0.29, 0.717) is 16.8 Å². The number of para-hydroxylation sites is 1. The summed E-state index contributed by atoms with van der Waals surface area (Å²) >= 11 is 0. The molecule has 1 aromatic heterocycles. The molecule has 1 aliphatic carbocycles. The van der Waals surface area contributed by atoms with Crippen LogP contribution in [0.1, 0.15) is 33.0 Å². The average Bonchev–Trinajstić information content (AvgIpc) is 3.07. The van der Waals surface area contributed by atoms with Crippen molar-refractivity contribution in [1.29, 1.82) is 0 Å². The van der Waals surface area contributed by atoms with Crippen molar-refractivity contribution in [3.8, 4) is 0 Å². The van der Waals surface area contributed by atoms with Crippen LogP contribution >= 0.6 is 0 Å². The van der Waals surface area contributed by atoms with Crippen molar-refractivity contribution in [3.63, 3.8) is 0 Å². The van der Waals surface area contributed by atoms with Gasteiger partial charge in [0.1, 0.15) is 5.82 Å². The molecule has 31 heavy (non-hydrogen) atoms. The van der Waals surface area contributed by atoms with E-state index in [-0.39, 0.29) is 28.4 Å². The quantitative estimate of drug-likeness (QED) is 0.468. The maximum atomic E-state index is 13.4. The molecular weight excluding hydrogens is 400 g/mol. The van der Waals surface area contributed by atoms with Crippen LogP contribution in [0.4, 0.5) is 11.5 Å². The van der Waals surface area contributed by atoms with Gasteiger partial charge < -0.3 is 0 Å². The highest BCUT2D eigenvalue weighted by Gasteiger charge is 2.49. The highest BCUT2D eigenvalue weighted by Crippen LogP contribution is 2.48. The van der Waals surface area contributed by atoms with Crippen LogP contribution in [0.15, 0.2) is 63.1 Å². The number of nitro benzene ring substituents is 1. The van der Waals surface area contributed by atoms with Gasteiger partial charge in [-0.3, -0.25) is 28.8 Å². The summed E-state index contributed by atoms with van der Waals surface area (Å²) in [4.78, 5) is 55.1. The highest BCUT2D eigenvalue weighted by atomic mass is 16.6. The zero-order chi connectivity index (χ0) is 22.0. The first-order valence-electron chi connectivity index (χ1n) is 9.58. The zero-order valence-corrected chi connectivity index (χ0v) is 16.6. The van der Waals surface area contributed by atoms with Crippen molar-refractivity contribution in [2.24, 2.45) is 25.0 Å². The Balaban J connectivity index is 1.94. The Hall–Kier alpha value is -4.14. The van der Waals surface area contributed by atoms with Gasteiger partial charge in [-0.2, -0.15) is 0 Å².